The third kappa shape index (κ3) is 2.42. The van der Waals surface area contributed by atoms with Gasteiger partial charge in [-0.3, -0.25) is 0 Å². The van der Waals surface area contributed by atoms with Gasteiger partial charge >= 0.3 is 0 Å². The lowest BCUT2D eigenvalue weighted by molar-refractivity contribution is 0.616. The van der Waals surface area contributed by atoms with E-state index in [2.05, 4.69) is 32.7 Å². The summed E-state index contributed by atoms with van der Waals surface area (Å²) in [7, 11) is 0. The molecule has 1 aliphatic carbocycles. The SMILES string of the molecule is CSc1ncc2c(n1)N(C1CCCC1)CC(Br)=C2C. The van der Waals surface area contributed by atoms with Crippen LogP contribution in [-0.2, 0) is 0 Å². The van der Waals surface area contributed by atoms with E-state index in [4.69, 9.17) is 4.98 Å². The standard InChI is InChI=1S/C14H18BrN3S/c1-9-11-7-16-14(19-2)17-13(11)18(8-12(9)15)10-5-3-4-6-10/h7,10H,3-6,8H2,1-2H3. The van der Waals surface area contributed by atoms with Crippen molar-refractivity contribution in [1.29, 1.82) is 0 Å². The van der Waals surface area contributed by atoms with E-state index < -0.39 is 0 Å². The molecule has 2 heterocycles. The minimum absolute atomic E-state index is 0.643. The number of fused-ring (bicyclic) bond motifs is 1. The average Bonchev–Trinajstić information content (AvgIpc) is 2.96. The van der Waals surface area contributed by atoms with Crippen molar-refractivity contribution in [2.45, 2.75) is 43.8 Å². The number of halogens is 1. The van der Waals surface area contributed by atoms with Gasteiger partial charge in [-0.05, 0) is 31.6 Å². The molecule has 1 aliphatic heterocycles. The first kappa shape index (κ1) is 13.4. The Hall–Kier alpha value is -0.550. The zero-order valence-corrected chi connectivity index (χ0v) is 13.7. The molecule has 1 fully saturated rings. The summed E-state index contributed by atoms with van der Waals surface area (Å²) in [6.45, 7) is 3.10. The summed E-state index contributed by atoms with van der Waals surface area (Å²) < 4.78 is 1.27. The molecular formula is C14H18BrN3S. The minimum Gasteiger partial charge on any atom is -0.348 e. The highest BCUT2D eigenvalue weighted by Crippen LogP contribution is 2.39. The molecule has 19 heavy (non-hydrogen) atoms. The molecule has 0 N–H and O–H groups in total. The van der Waals surface area contributed by atoms with E-state index in [1.807, 2.05) is 12.5 Å². The van der Waals surface area contributed by atoms with Crippen molar-refractivity contribution >= 4 is 39.1 Å². The Kier molecular flexibility index (Phi) is 3.85. The fourth-order valence-electron chi connectivity index (χ4n) is 2.95. The third-order valence-corrected chi connectivity index (χ3v) is 5.49. The number of hydrogen-bond acceptors (Lipinski definition) is 4. The first-order valence-electron chi connectivity index (χ1n) is 6.74. The first-order valence-corrected chi connectivity index (χ1v) is 8.75. The van der Waals surface area contributed by atoms with Crippen LogP contribution in [0.15, 0.2) is 15.8 Å². The van der Waals surface area contributed by atoms with Crippen LogP contribution in [-0.4, -0.2) is 28.8 Å². The largest absolute Gasteiger partial charge is 0.348 e. The zero-order chi connectivity index (χ0) is 13.4. The Morgan fingerprint density at radius 2 is 2.11 bits per heavy atom. The molecule has 5 heteroatoms. The molecule has 3 nitrogen and oxygen atoms in total. The number of allylic oxidation sites excluding steroid dienone is 1. The highest BCUT2D eigenvalue weighted by Gasteiger charge is 2.30. The molecule has 0 unspecified atom stereocenters. The third-order valence-electron chi connectivity index (χ3n) is 4.09. The predicted molar refractivity (Wildman–Crippen MR) is 84.9 cm³/mol. The summed E-state index contributed by atoms with van der Waals surface area (Å²) in [5, 5.41) is 0.868. The van der Waals surface area contributed by atoms with Gasteiger partial charge in [-0.15, -0.1) is 0 Å². The lowest BCUT2D eigenvalue weighted by Gasteiger charge is -2.35. The van der Waals surface area contributed by atoms with Gasteiger partial charge in [-0.2, -0.15) is 0 Å². The monoisotopic (exact) mass is 339 g/mol. The summed E-state index contributed by atoms with van der Waals surface area (Å²) in [4.78, 5) is 11.7. The lowest BCUT2D eigenvalue weighted by atomic mass is 10.0. The van der Waals surface area contributed by atoms with Gasteiger partial charge in [0.05, 0.1) is 6.54 Å². The van der Waals surface area contributed by atoms with Crippen LogP contribution in [0.2, 0.25) is 0 Å². The summed E-state index contributed by atoms with van der Waals surface area (Å²) in [5.74, 6) is 1.13. The van der Waals surface area contributed by atoms with E-state index in [9.17, 15) is 0 Å². The maximum absolute atomic E-state index is 4.77. The lowest BCUT2D eigenvalue weighted by Crippen LogP contribution is -2.37. The van der Waals surface area contributed by atoms with Crippen LogP contribution in [0.4, 0.5) is 5.82 Å². The molecule has 0 spiro atoms. The number of aromatic nitrogens is 2. The second-order valence-electron chi connectivity index (χ2n) is 5.19. The van der Waals surface area contributed by atoms with Gasteiger partial charge in [0.2, 0.25) is 0 Å². The van der Waals surface area contributed by atoms with E-state index in [0.29, 0.717) is 6.04 Å². The maximum Gasteiger partial charge on any atom is 0.189 e. The summed E-state index contributed by atoms with van der Waals surface area (Å²) in [6.07, 6.45) is 9.28. The van der Waals surface area contributed by atoms with E-state index >= 15 is 0 Å². The second kappa shape index (κ2) is 5.44. The molecular weight excluding hydrogens is 322 g/mol. The number of nitrogens with zero attached hydrogens (tertiary/aromatic N) is 3. The fourth-order valence-corrected chi connectivity index (χ4v) is 3.77. The van der Waals surface area contributed by atoms with Crippen molar-refractivity contribution in [3.8, 4) is 0 Å². The Balaban J connectivity index is 2.05. The van der Waals surface area contributed by atoms with Crippen molar-refractivity contribution in [3.05, 3.63) is 16.2 Å². The zero-order valence-electron chi connectivity index (χ0n) is 11.3. The molecule has 1 aromatic rings. The van der Waals surface area contributed by atoms with E-state index in [1.54, 1.807) is 11.8 Å². The number of rotatable bonds is 2. The smallest absolute Gasteiger partial charge is 0.189 e. The first-order chi connectivity index (χ1) is 9.20. The highest BCUT2D eigenvalue weighted by molar-refractivity contribution is 9.11. The fraction of sp³-hybridized carbons (Fsp3) is 0.571. The molecule has 2 aliphatic rings. The minimum atomic E-state index is 0.643. The Labute approximate surface area is 127 Å². The molecule has 0 radical (unpaired) electrons. The molecule has 0 bridgehead atoms. The van der Waals surface area contributed by atoms with Crippen molar-refractivity contribution in [1.82, 2.24) is 9.97 Å². The Bertz CT molecular complexity index is 523. The predicted octanol–water partition coefficient (Wildman–Crippen LogP) is 4.09. The Morgan fingerprint density at radius 3 is 2.79 bits per heavy atom. The summed E-state index contributed by atoms with van der Waals surface area (Å²) in [5.41, 5.74) is 2.46. The van der Waals surface area contributed by atoms with Crippen LogP contribution < -0.4 is 4.90 Å². The highest BCUT2D eigenvalue weighted by atomic mass is 79.9. The van der Waals surface area contributed by atoms with Crippen molar-refractivity contribution in [2.24, 2.45) is 0 Å². The van der Waals surface area contributed by atoms with Crippen molar-refractivity contribution in [3.63, 3.8) is 0 Å². The van der Waals surface area contributed by atoms with Crippen LogP contribution in [0.3, 0.4) is 0 Å². The number of hydrogen-bond donors (Lipinski definition) is 0. The molecule has 1 saturated carbocycles. The van der Waals surface area contributed by atoms with Crippen molar-refractivity contribution in [2.75, 3.05) is 17.7 Å². The Morgan fingerprint density at radius 1 is 1.37 bits per heavy atom. The quantitative estimate of drug-likeness (QED) is 0.599. The van der Waals surface area contributed by atoms with Crippen LogP contribution in [0, 0.1) is 0 Å². The van der Waals surface area contributed by atoms with Gasteiger partial charge in [-0.25, -0.2) is 9.97 Å². The van der Waals surface area contributed by atoms with E-state index in [1.165, 1.54) is 41.3 Å². The average molecular weight is 340 g/mol. The summed E-state index contributed by atoms with van der Waals surface area (Å²) >= 11 is 5.34. The van der Waals surface area contributed by atoms with Crippen LogP contribution in [0.5, 0.6) is 0 Å². The normalized spacial score (nSPS) is 20.1. The molecule has 0 saturated heterocycles. The van der Waals surface area contributed by atoms with Gasteiger partial charge in [0.15, 0.2) is 5.16 Å². The molecule has 0 aromatic carbocycles. The van der Waals surface area contributed by atoms with Crippen LogP contribution in [0.25, 0.3) is 5.57 Å². The molecule has 1 aromatic heterocycles. The molecule has 3 rings (SSSR count). The van der Waals surface area contributed by atoms with Gasteiger partial charge < -0.3 is 4.90 Å². The van der Waals surface area contributed by atoms with Gasteiger partial charge in [0, 0.05) is 22.3 Å². The van der Waals surface area contributed by atoms with Gasteiger partial charge in [0.1, 0.15) is 5.82 Å². The number of anilines is 1. The van der Waals surface area contributed by atoms with E-state index in [-0.39, 0.29) is 0 Å². The molecule has 0 atom stereocenters. The van der Waals surface area contributed by atoms with Crippen LogP contribution >= 0.6 is 27.7 Å². The maximum atomic E-state index is 4.77. The number of thioether (sulfide) groups is 1. The summed E-state index contributed by atoms with van der Waals surface area (Å²) in [6, 6.07) is 0.643. The van der Waals surface area contributed by atoms with Gasteiger partial charge in [0.25, 0.3) is 0 Å². The van der Waals surface area contributed by atoms with Gasteiger partial charge in [-0.1, -0.05) is 40.5 Å². The second-order valence-corrected chi connectivity index (χ2v) is 6.92. The molecule has 0 amide bonds. The van der Waals surface area contributed by atoms with Crippen molar-refractivity contribution < 1.29 is 0 Å². The van der Waals surface area contributed by atoms with Crippen LogP contribution in [0.1, 0.15) is 38.2 Å². The topological polar surface area (TPSA) is 29.0 Å². The molecule has 102 valence electrons. The van der Waals surface area contributed by atoms with E-state index in [0.717, 1.165) is 17.5 Å².